The number of alkyl carbamates (subject to hydrolysis) is 1. The molecule has 126 valence electrons. The van der Waals surface area contributed by atoms with Gasteiger partial charge in [0.15, 0.2) is 0 Å². The SMILES string of the molecule is CC(C)(C)OC(=O)NCC(NON)c1c[nH]c2ccc(Br)cc12. The van der Waals surface area contributed by atoms with Crippen LogP contribution in [0.4, 0.5) is 4.79 Å². The maximum atomic E-state index is 11.8. The minimum atomic E-state index is -0.553. The van der Waals surface area contributed by atoms with E-state index in [1.54, 1.807) is 0 Å². The minimum Gasteiger partial charge on any atom is -0.444 e. The molecule has 0 aliphatic carbocycles. The van der Waals surface area contributed by atoms with E-state index < -0.39 is 11.7 Å². The largest absolute Gasteiger partial charge is 0.444 e. The van der Waals surface area contributed by atoms with Crippen LogP contribution in [0.15, 0.2) is 28.9 Å². The molecule has 23 heavy (non-hydrogen) atoms. The number of nitrogens with two attached hydrogens (primary N) is 1. The summed E-state index contributed by atoms with van der Waals surface area (Å²) in [6.45, 7) is 5.68. The van der Waals surface area contributed by atoms with Crippen LogP contribution < -0.4 is 16.7 Å². The predicted octanol–water partition coefficient (Wildman–Crippen LogP) is 2.89. The number of hydroxylamine groups is 1. The van der Waals surface area contributed by atoms with Crippen LogP contribution in [0, 0.1) is 0 Å². The second-order valence-electron chi connectivity index (χ2n) is 6.11. The number of fused-ring (bicyclic) bond motifs is 1. The van der Waals surface area contributed by atoms with Crippen molar-refractivity contribution in [3.63, 3.8) is 0 Å². The lowest BCUT2D eigenvalue weighted by molar-refractivity contribution is 0.0125. The quantitative estimate of drug-likeness (QED) is 0.593. The summed E-state index contributed by atoms with van der Waals surface area (Å²) in [7, 11) is 0. The minimum absolute atomic E-state index is 0.256. The fourth-order valence-corrected chi connectivity index (χ4v) is 2.56. The highest BCUT2D eigenvalue weighted by atomic mass is 79.9. The van der Waals surface area contributed by atoms with Crippen molar-refractivity contribution in [1.82, 2.24) is 15.8 Å². The van der Waals surface area contributed by atoms with Crippen molar-refractivity contribution in [3.8, 4) is 0 Å². The van der Waals surface area contributed by atoms with E-state index in [4.69, 9.17) is 10.6 Å². The third-order valence-corrected chi connectivity index (χ3v) is 3.60. The van der Waals surface area contributed by atoms with Crippen LogP contribution in [0.25, 0.3) is 10.9 Å². The number of hydrogen-bond acceptors (Lipinski definition) is 5. The topological polar surface area (TPSA) is 101 Å². The molecular formula is C15H21BrN4O3. The molecule has 1 heterocycles. The predicted molar refractivity (Wildman–Crippen MR) is 91.4 cm³/mol. The Balaban J connectivity index is 2.14. The number of carbonyl (C=O) groups is 1. The molecule has 0 aliphatic heterocycles. The van der Waals surface area contributed by atoms with E-state index in [1.165, 1.54) is 0 Å². The maximum absolute atomic E-state index is 11.8. The average Bonchev–Trinajstić information content (AvgIpc) is 2.84. The van der Waals surface area contributed by atoms with E-state index >= 15 is 0 Å². The van der Waals surface area contributed by atoms with Gasteiger partial charge in [0.2, 0.25) is 0 Å². The Kier molecular flexibility index (Phi) is 5.64. The Morgan fingerprint density at radius 1 is 1.43 bits per heavy atom. The van der Waals surface area contributed by atoms with Gasteiger partial charge in [0, 0.05) is 28.1 Å². The number of benzene rings is 1. The van der Waals surface area contributed by atoms with Crippen LogP contribution in [0.2, 0.25) is 0 Å². The van der Waals surface area contributed by atoms with Gasteiger partial charge in [-0.3, -0.25) is 0 Å². The lowest BCUT2D eigenvalue weighted by Crippen LogP contribution is -2.39. The maximum Gasteiger partial charge on any atom is 0.407 e. The number of ether oxygens (including phenoxy) is 1. The molecule has 1 unspecified atom stereocenters. The number of amides is 1. The Bertz CT molecular complexity index is 681. The first kappa shape index (κ1) is 17.7. The summed E-state index contributed by atoms with van der Waals surface area (Å²) in [4.78, 5) is 19.6. The molecular weight excluding hydrogens is 364 g/mol. The lowest BCUT2D eigenvalue weighted by atomic mass is 10.1. The zero-order chi connectivity index (χ0) is 17.0. The number of aromatic nitrogens is 1. The molecule has 1 amide bonds. The van der Waals surface area contributed by atoms with Gasteiger partial charge in [-0.15, -0.1) is 0 Å². The smallest absolute Gasteiger partial charge is 0.407 e. The summed E-state index contributed by atoms with van der Waals surface area (Å²) in [6.07, 6.45) is 1.35. The monoisotopic (exact) mass is 384 g/mol. The number of H-pyrrole nitrogens is 1. The van der Waals surface area contributed by atoms with Gasteiger partial charge in [-0.1, -0.05) is 15.9 Å². The lowest BCUT2D eigenvalue weighted by Gasteiger charge is -2.22. The summed E-state index contributed by atoms with van der Waals surface area (Å²) in [5, 5.41) is 3.71. The standard InChI is InChI=1S/C15H21BrN4O3/c1-15(2,3)22-14(21)19-8-13(20-23-17)11-7-18-12-5-4-9(16)6-10(11)12/h4-7,13,18,20H,8,17H2,1-3H3,(H,19,21). The Morgan fingerprint density at radius 2 is 2.17 bits per heavy atom. The molecule has 2 aromatic rings. The van der Waals surface area contributed by atoms with Crippen molar-refractivity contribution in [1.29, 1.82) is 0 Å². The van der Waals surface area contributed by atoms with Gasteiger partial charge in [-0.05, 0) is 44.5 Å². The Labute approximate surface area is 142 Å². The van der Waals surface area contributed by atoms with Gasteiger partial charge in [0.05, 0.1) is 6.04 Å². The van der Waals surface area contributed by atoms with E-state index in [9.17, 15) is 4.79 Å². The summed E-state index contributed by atoms with van der Waals surface area (Å²) >= 11 is 3.45. The average molecular weight is 385 g/mol. The highest BCUT2D eigenvalue weighted by Crippen LogP contribution is 2.27. The van der Waals surface area contributed by atoms with Gasteiger partial charge in [0.25, 0.3) is 0 Å². The number of carbonyl (C=O) groups excluding carboxylic acids is 1. The molecule has 8 heteroatoms. The molecule has 1 aromatic carbocycles. The molecule has 0 spiro atoms. The van der Waals surface area contributed by atoms with E-state index in [2.05, 4.69) is 36.6 Å². The molecule has 0 radical (unpaired) electrons. The van der Waals surface area contributed by atoms with Gasteiger partial charge in [-0.2, -0.15) is 11.4 Å². The highest BCUT2D eigenvalue weighted by Gasteiger charge is 2.20. The number of nitrogens with one attached hydrogen (secondary N) is 3. The first-order valence-corrected chi connectivity index (χ1v) is 7.94. The normalized spacial score (nSPS) is 13.1. The third-order valence-electron chi connectivity index (χ3n) is 3.11. The fraction of sp³-hybridized carbons (Fsp3) is 0.400. The molecule has 0 bridgehead atoms. The van der Waals surface area contributed by atoms with Crippen LogP contribution in [0.1, 0.15) is 32.4 Å². The molecule has 0 saturated carbocycles. The number of aromatic amines is 1. The van der Waals surface area contributed by atoms with Crippen molar-refractivity contribution in [2.45, 2.75) is 32.4 Å². The molecule has 1 aromatic heterocycles. The molecule has 5 N–H and O–H groups in total. The highest BCUT2D eigenvalue weighted by molar-refractivity contribution is 9.10. The molecule has 0 saturated heterocycles. The third kappa shape index (κ3) is 4.93. The van der Waals surface area contributed by atoms with E-state index in [0.29, 0.717) is 0 Å². The molecule has 2 rings (SSSR count). The summed E-state index contributed by atoms with van der Waals surface area (Å²) < 4.78 is 6.18. The second kappa shape index (κ2) is 7.31. The van der Waals surface area contributed by atoms with Gasteiger partial charge < -0.3 is 15.0 Å². The number of halogens is 1. The van der Waals surface area contributed by atoms with Gasteiger partial charge >= 0.3 is 6.09 Å². The molecule has 1 atom stereocenters. The first-order valence-electron chi connectivity index (χ1n) is 7.15. The summed E-state index contributed by atoms with van der Waals surface area (Å²) in [5.74, 6) is 5.14. The van der Waals surface area contributed by atoms with E-state index in [0.717, 1.165) is 20.9 Å². The zero-order valence-corrected chi connectivity index (χ0v) is 14.9. The summed E-state index contributed by atoms with van der Waals surface area (Å²) in [5.41, 5.74) is 4.03. The van der Waals surface area contributed by atoms with Crippen molar-refractivity contribution in [3.05, 3.63) is 34.4 Å². The molecule has 0 fully saturated rings. The van der Waals surface area contributed by atoms with E-state index in [1.807, 2.05) is 45.2 Å². The Morgan fingerprint density at radius 3 is 2.83 bits per heavy atom. The van der Waals surface area contributed by atoms with Gasteiger partial charge in [0.1, 0.15) is 5.60 Å². The van der Waals surface area contributed by atoms with Gasteiger partial charge in [-0.25, -0.2) is 9.73 Å². The molecule has 7 nitrogen and oxygen atoms in total. The van der Waals surface area contributed by atoms with Crippen molar-refractivity contribution < 1.29 is 14.5 Å². The number of hydrogen-bond donors (Lipinski definition) is 4. The van der Waals surface area contributed by atoms with Crippen LogP contribution in [-0.2, 0) is 9.68 Å². The van der Waals surface area contributed by atoms with Crippen LogP contribution in [0.3, 0.4) is 0 Å². The van der Waals surface area contributed by atoms with Crippen molar-refractivity contribution in [2.75, 3.05) is 6.54 Å². The zero-order valence-electron chi connectivity index (χ0n) is 13.3. The van der Waals surface area contributed by atoms with Crippen molar-refractivity contribution in [2.24, 2.45) is 5.90 Å². The first-order chi connectivity index (χ1) is 10.8. The number of rotatable bonds is 5. The van der Waals surface area contributed by atoms with E-state index in [-0.39, 0.29) is 12.6 Å². The second-order valence-corrected chi connectivity index (χ2v) is 7.02. The van der Waals surface area contributed by atoms with Crippen LogP contribution >= 0.6 is 15.9 Å². The summed E-state index contributed by atoms with van der Waals surface area (Å²) in [6, 6.07) is 5.56. The fourth-order valence-electron chi connectivity index (χ4n) is 2.20. The van der Waals surface area contributed by atoms with Crippen LogP contribution in [0.5, 0.6) is 0 Å². The van der Waals surface area contributed by atoms with Crippen molar-refractivity contribution >= 4 is 32.9 Å². The van der Waals surface area contributed by atoms with Crippen LogP contribution in [-0.4, -0.2) is 23.2 Å². The Hall–Kier alpha value is -1.61. The molecule has 0 aliphatic rings.